The summed E-state index contributed by atoms with van der Waals surface area (Å²) < 4.78 is 9.24. The molecule has 0 saturated carbocycles. The maximum Gasteiger partial charge on any atom is 0.255 e. The van der Waals surface area contributed by atoms with Crippen LogP contribution < -0.4 is 10.1 Å². The Morgan fingerprint density at radius 1 is 1.10 bits per heavy atom. The lowest BCUT2D eigenvalue weighted by atomic mass is 10.2. The van der Waals surface area contributed by atoms with E-state index in [1.54, 1.807) is 46.0 Å². The van der Waals surface area contributed by atoms with E-state index < -0.39 is 0 Å². The van der Waals surface area contributed by atoms with Crippen LogP contribution in [0, 0.1) is 0 Å². The van der Waals surface area contributed by atoms with Crippen LogP contribution in [0.25, 0.3) is 0 Å². The topological polar surface area (TPSA) is 99.8 Å². The SMILES string of the molecule is CC(C)n1nnnc1COc1ccc(C(=O)Nc2cnn(Cc3ccccc3)c2)cc1. The number of hydrogen-bond donors (Lipinski definition) is 1. The summed E-state index contributed by atoms with van der Waals surface area (Å²) in [5, 5.41) is 18.8. The predicted molar refractivity (Wildman–Crippen MR) is 115 cm³/mol. The average Bonchev–Trinajstić information content (AvgIpc) is 3.43. The third kappa shape index (κ3) is 5.13. The van der Waals surface area contributed by atoms with Gasteiger partial charge in [-0.3, -0.25) is 9.48 Å². The van der Waals surface area contributed by atoms with Crippen LogP contribution in [0.1, 0.15) is 41.6 Å². The van der Waals surface area contributed by atoms with Crippen molar-refractivity contribution in [1.82, 2.24) is 30.0 Å². The van der Waals surface area contributed by atoms with Gasteiger partial charge < -0.3 is 10.1 Å². The number of hydrogen-bond acceptors (Lipinski definition) is 6. The number of nitrogens with one attached hydrogen (secondary N) is 1. The monoisotopic (exact) mass is 417 g/mol. The molecule has 9 nitrogen and oxygen atoms in total. The molecular formula is C22H23N7O2. The minimum absolute atomic E-state index is 0.150. The van der Waals surface area contributed by atoms with Gasteiger partial charge in [-0.15, -0.1) is 5.10 Å². The van der Waals surface area contributed by atoms with E-state index in [9.17, 15) is 4.79 Å². The number of aromatic nitrogens is 6. The number of anilines is 1. The molecule has 1 amide bonds. The molecule has 1 N–H and O–H groups in total. The molecule has 2 heterocycles. The molecule has 0 spiro atoms. The van der Waals surface area contributed by atoms with E-state index in [4.69, 9.17) is 4.74 Å². The average molecular weight is 417 g/mol. The van der Waals surface area contributed by atoms with Gasteiger partial charge in [0.2, 0.25) is 0 Å². The molecule has 0 aliphatic rings. The zero-order chi connectivity index (χ0) is 21.6. The largest absolute Gasteiger partial charge is 0.486 e. The van der Waals surface area contributed by atoms with E-state index in [0.717, 1.165) is 5.56 Å². The number of carbonyl (C=O) groups excluding carboxylic acids is 1. The smallest absolute Gasteiger partial charge is 0.255 e. The van der Waals surface area contributed by atoms with Crippen molar-refractivity contribution in [3.05, 3.63) is 83.9 Å². The van der Waals surface area contributed by atoms with Crippen LogP contribution >= 0.6 is 0 Å². The van der Waals surface area contributed by atoms with Crippen LogP contribution in [-0.2, 0) is 13.2 Å². The fourth-order valence-corrected chi connectivity index (χ4v) is 3.05. The van der Waals surface area contributed by atoms with Gasteiger partial charge in [0, 0.05) is 11.8 Å². The second-order valence-corrected chi connectivity index (χ2v) is 7.31. The molecule has 0 bridgehead atoms. The maximum atomic E-state index is 12.5. The highest BCUT2D eigenvalue weighted by Crippen LogP contribution is 2.16. The van der Waals surface area contributed by atoms with Gasteiger partial charge in [-0.2, -0.15) is 5.10 Å². The first-order valence-corrected chi connectivity index (χ1v) is 9.96. The van der Waals surface area contributed by atoms with Crippen LogP contribution in [-0.4, -0.2) is 35.9 Å². The van der Waals surface area contributed by atoms with Gasteiger partial charge in [-0.05, 0) is 54.1 Å². The van der Waals surface area contributed by atoms with E-state index in [1.807, 2.05) is 44.2 Å². The molecule has 158 valence electrons. The zero-order valence-corrected chi connectivity index (χ0v) is 17.3. The Hall–Kier alpha value is -4.01. The van der Waals surface area contributed by atoms with E-state index in [0.29, 0.717) is 29.4 Å². The third-order valence-electron chi connectivity index (χ3n) is 4.61. The molecule has 0 saturated heterocycles. The molecule has 0 radical (unpaired) electrons. The summed E-state index contributed by atoms with van der Waals surface area (Å²) >= 11 is 0. The van der Waals surface area contributed by atoms with Crippen LogP contribution in [0.3, 0.4) is 0 Å². The van der Waals surface area contributed by atoms with Gasteiger partial charge in [-0.1, -0.05) is 30.3 Å². The Balaban J connectivity index is 1.33. The van der Waals surface area contributed by atoms with Crippen molar-refractivity contribution in [1.29, 1.82) is 0 Å². The van der Waals surface area contributed by atoms with E-state index in [-0.39, 0.29) is 18.6 Å². The van der Waals surface area contributed by atoms with Gasteiger partial charge in [0.1, 0.15) is 12.4 Å². The van der Waals surface area contributed by atoms with Crippen molar-refractivity contribution in [2.75, 3.05) is 5.32 Å². The zero-order valence-electron chi connectivity index (χ0n) is 17.3. The minimum atomic E-state index is -0.213. The van der Waals surface area contributed by atoms with Crippen molar-refractivity contribution in [2.45, 2.75) is 33.0 Å². The Kier molecular flexibility index (Phi) is 6.02. The Morgan fingerprint density at radius 2 is 1.87 bits per heavy atom. The first-order chi connectivity index (χ1) is 15.1. The lowest BCUT2D eigenvalue weighted by Gasteiger charge is -2.09. The molecular weight excluding hydrogens is 394 g/mol. The van der Waals surface area contributed by atoms with Crippen LogP contribution in [0.5, 0.6) is 5.75 Å². The molecule has 0 aliphatic carbocycles. The van der Waals surface area contributed by atoms with E-state index in [1.165, 1.54) is 0 Å². The Labute approximate surface area is 179 Å². The minimum Gasteiger partial charge on any atom is -0.486 e. The summed E-state index contributed by atoms with van der Waals surface area (Å²) in [6.07, 6.45) is 3.44. The number of nitrogens with zero attached hydrogens (tertiary/aromatic N) is 6. The van der Waals surface area contributed by atoms with Gasteiger partial charge in [0.05, 0.1) is 24.5 Å². The van der Waals surface area contributed by atoms with Crippen LogP contribution in [0.4, 0.5) is 5.69 Å². The van der Waals surface area contributed by atoms with Gasteiger partial charge in [0.15, 0.2) is 5.82 Å². The second-order valence-electron chi connectivity index (χ2n) is 7.31. The highest BCUT2D eigenvalue weighted by atomic mass is 16.5. The number of ether oxygens (including phenoxy) is 1. The number of amides is 1. The van der Waals surface area contributed by atoms with Crippen molar-refractivity contribution in [3.63, 3.8) is 0 Å². The summed E-state index contributed by atoms with van der Waals surface area (Å²) in [5.41, 5.74) is 2.30. The van der Waals surface area contributed by atoms with Crippen molar-refractivity contribution in [2.24, 2.45) is 0 Å². The van der Waals surface area contributed by atoms with Crippen molar-refractivity contribution in [3.8, 4) is 5.75 Å². The molecule has 0 fully saturated rings. The molecule has 0 unspecified atom stereocenters. The molecule has 0 aliphatic heterocycles. The summed E-state index contributed by atoms with van der Waals surface area (Å²) in [6, 6.07) is 17.1. The highest BCUT2D eigenvalue weighted by molar-refractivity contribution is 6.04. The predicted octanol–water partition coefficient (Wildman–Crippen LogP) is 3.33. The third-order valence-corrected chi connectivity index (χ3v) is 4.61. The lowest BCUT2D eigenvalue weighted by Crippen LogP contribution is -2.12. The van der Waals surface area contributed by atoms with Crippen LogP contribution in [0.15, 0.2) is 67.0 Å². The fourth-order valence-electron chi connectivity index (χ4n) is 3.05. The Bertz CT molecular complexity index is 1130. The molecule has 4 rings (SSSR count). The number of benzene rings is 2. The normalized spacial score (nSPS) is 10.9. The lowest BCUT2D eigenvalue weighted by molar-refractivity contribution is 0.102. The number of carbonyl (C=O) groups is 1. The van der Waals surface area contributed by atoms with Crippen molar-refractivity contribution < 1.29 is 9.53 Å². The summed E-state index contributed by atoms with van der Waals surface area (Å²) in [7, 11) is 0. The molecule has 2 aromatic carbocycles. The fraction of sp³-hybridized carbons (Fsp3) is 0.227. The van der Waals surface area contributed by atoms with Crippen LogP contribution in [0.2, 0.25) is 0 Å². The first-order valence-electron chi connectivity index (χ1n) is 9.96. The Morgan fingerprint density at radius 3 is 2.61 bits per heavy atom. The highest BCUT2D eigenvalue weighted by Gasteiger charge is 2.11. The first kappa shape index (κ1) is 20.3. The number of rotatable bonds is 8. The summed E-state index contributed by atoms with van der Waals surface area (Å²) in [4.78, 5) is 12.5. The summed E-state index contributed by atoms with van der Waals surface area (Å²) in [6.45, 7) is 4.89. The van der Waals surface area contributed by atoms with Gasteiger partial charge in [-0.25, -0.2) is 4.68 Å². The maximum absolute atomic E-state index is 12.5. The van der Waals surface area contributed by atoms with Crippen molar-refractivity contribution >= 4 is 11.6 Å². The molecule has 31 heavy (non-hydrogen) atoms. The second kappa shape index (κ2) is 9.21. The molecule has 2 aromatic heterocycles. The number of tetrazole rings is 1. The summed E-state index contributed by atoms with van der Waals surface area (Å²) in [5.74, 6) is 1.06. The van der Waals surface area contributed by atoms with E-state index >= 15 is 0 Å². The van der Waals surface area contributed by atoms with Gasteiger partial charge >= 0.3 is 0 Å². The quantitative estimate of drug-likeness (QED) is 0.472. The molecule has 0 atom stereocenters. The molecule has 9 heteroatoms. The van der Waals surface area contributed by atoms with E-state index in [2.05, 4.69) is 25.9 Å². The molecule has 4 aromatic rings. The van der Waals surface area contributed by atoms with Gasteiger partial charge in [0.25, 0.3) is 5.91 Å². The standard InChI is InChI=1S/C22H23N7O2/c1-16(2)29-21(25-26-27-29)15-31-20-10-8-18(9-11-20)22(30)24-19-12-23-28(14-19)13-17-6-4-3-5-7-17/h3-12,14,16H,13,15H2,1-2H3,(H,24,30).